The monoisotopic (exact) mass is 277 g/mol. The average Bonchev–Trinajstić information content (AvgIpc) is 2.28. The van der Waals surface area contributed by atoms with Crippen molar-refractivity contribution in [2.45, 2.75) is 0 Å². The van der Waals surface area contributed by atoms with Gasteiger partial charge in [-0.05, 0) is 12.1 Å². The van der Waals surface area contributed by atoms with Crippen molar-refractivity contribution in [2.75, 3.05) is 6.61 Å². The van der Waals surface area contributed by atoms with Crippen molar-refractivity contribution in [2.24, 2.45) is 0 Å². The molecular weight excluding hydrogens is 269 g/mol. The van der Waals surface area contributed by atoms with Crippen molar-refractivity contribution in [1.82, 2.24) is 5.48 Å². The van der Waals surface area contributed by atoms with Crippen LogP contribution >= 0.6 is 0 Å². The van der Waals surface area contributed by atoms with Crippen LogP contribution in [0.1, 0.15) is 20.7 Å². The molecule has 0 radical (unpaired) electrons. The summed E-state index contributed by atoms with van der Waals surface area (Å²) in [6.45, 7) is -0.818. The van der Waals surface area contributed by atoms with Gasteiger partial charge in [0.05, 0.1) is 17.1 Å². The summed E-state index contributed by atoms with van der Waals surface area (Å²) in [4.78, 5) is 36.5. The van der Waals surface area contributed by atoms with Crippen LogP contribution in [-0.4, -0.2) is 29.6 Å². The van der Waals surface area contributed by atoms with Gasteiger partial charge in [0, 0.05) is 0 Å². The summed E-state index contributed by atoms with van der Waals surface area (Å²) in [6.07, 6.45) is 0. The Kier molecular flexibility index (Phi) is 7.99. The predicted molar refractivity (Wildman–Crippen MR) is 51.8 cm³/mol. The Morgan fingerprint density at radius 1 is 1.22 bits per heavy atom. The maximum atomic E-state index is 11.4. The molecule has 0 atom stereocenters. The van der Waals surface area contributed by atoms with Gasteiger partial charge in [0.2, 0.25) is 0 Å². The summed E-state index contributed by atoms with van der Waals surface area (Å²) in [7, 11) is 0. The Bertz CT molecular complexity index is 461. The quantitative estimate of drug-likeness (QED) is 0.416. The van der Waals surface area contributed by atoms with Crippen LogP contribution in [0.3, 0.4) is 0 Å². The smallest absolute Gasteiger partial charge is 0.548 e. The van der Waals surface area contributed by atoms with E-state index in [0.717, 1.165) is 0 Å². The maximum absolute atomic E-state index is 11.4. The number of nitrogens with one attached hydrogen (secondary N) is 1. The third-order valence-corrected chi connectivity index (χ3v) is 1.76. The summed E-state index contributed by atoms with van der Waals surface area (Å²) in [6, 6.07) is 5.46. The van der Waals surface area contributed by atoms with Crippen molar-refractivity contribution >= 4 is 17.8 Å². The van der Waals surface area contributed by atoms with E-state index < -0.39 is 24.5 Å². The number of aliphatic carboxylic acids is 1. The van der Waals surface area contributed by atoms with Crippen molar-refractivity contribution < 1.29 is 80.8 Å². The van der Waals surface area contributed by atoms with Crippen LogP contribution in [-0.2, 0) is 9.63 Å². The number of carbonyl (C=O) groups excluding carboxylic acids is 2. The van der Waals surface area contributed by atoms with E-state index in [1.54, 1.807) is 5.48 Å². The number of amides is 1. The van der Waals surface area contributed by atoms with Crippen LogP contribution < -0.4 is 62.0 Å². The molecular formula is C10H8KNO6. The number of carboxylic acids is 2. The van der Waals surface area contributed by atoms with Crippen LogP contribution in [0.25, 0.3) is 0 Å². The summed E-state index contributed by atoms with van der Waals surface area (Å²) in [5, 5.41) is 18.8. The largest absolute Gasteiger partial charge is 1.00 e. The minimum atomic E-state index is -1.50. The van der Waals surface area contributed by atoms with E-state index in [2.05, 4.69) is 4.84 Å². The van der Waals surface area contributed by atoms with E-state index >= 15 is 0 Å². The number of hydroxylamine groups is 1. The number of carboxylic acid groups (broad SMARTS) is 2. The first-order valence-corrected chi connectivity index (χ1v) is 4.46. The second kappa shape index (κ2) is 8.35. The molecule has 0 aliphatic carbocycles. The van der Waals surface area contributed by atoms with Crippen LogP contribution in [0.5, 0.6) is 0 Å². The molecule has 0 unspecified atom stereocenters. The molecule has 1 aromatic rings. The molecule has 1 rings (SSSR count). The van der Waals surface area contributed by atoms with Gasteiger partial charge >= 0.3 is 57.4 Å². The van der Waals surface area contributed by atoms with Crippen LogP contribution in [0.4, 0.5) is 0 Å². The zero-order chi connectivity index (χ0) is 12.8. The summed E-state index contributed by atoms with van der Waals surface area (Å²) >= 11 is 0. The van der Waals surface area contributed by atoms with Gasteiger partial charge in [-0.25, -0.2) is 10.3 Å². The molecule has 0 saturated heterocycles. The van der Waals surface area contributed by atoms with E-state index in [1.807, 2.05) is 0 Å². The van der Waals surface area contributed by atoms with E-state index in [0.29, 0.717) is 0 Å². The molecule has 8 heteroatoms. The number of hydrogen-bond acceptors (Lipinski definition) is 5. The first-order chi connectivity index (χ1) is 8.02. The summed E-state index contributed by atoms with van der Waals surface area (Å²) in [5.41, 5.74) is 1.47. The van der Waals surface area contributed by atoms with Crippen molar-refractivity contribution in [3.63, 3.8) is 0 Å². The Morgan fingerprint density at radius 2 is 1.78 bits per heavy atom. The first kappa shape index (κ1) is 17.2. The molecule has 0 aliphatic rings. The van der Waals surface area contributed by atoms with Crippen LogP contribution in [0.2, 0.25) is 0 Å². The molecule has 0 bridgehead atoms. The fourth-order valence-electron chi connectivity index (χ4n) is 1.08. The van der Waals surface area contributed by atoms with Crippen molar-refractivity contribution in [3.8, 4) is 0 Å². The topological polar surface area (TPSA) is 116 Å². The van der Waals surface area contributed by atoms with Gasteiger partial charge in [0.1, 0.15) is 6.61 Å². The zero-order valence-corrected chi connectivity index (χ0v) is 12.6. The van der Waals surface area contributed by atoms with Gasteiger partial charge in [-0.2, -0.15) is 0 Å². The third kappa shape index (κ3) is 5.25. The molecule has 90 valence electrons. The van der Waals surface area contributed by atoms with Crippen molar-refractivity contribution in [3.05, 3.63) is 35.4 Å². The molecule has 2 N–H and O–H groups in total. The first-order valence-electron chi connectivity index (χ1n) is 4.46. The number of benzene rings is 1. The second-order valence-corrected chi connectivity index (χ2v) is 2.94. The van der Waals surface area contributed by atoms with E-state index in [4.69, 9.17) is 5.11 Å². The number of carbonyl (C=O) groups is 3. The van der Waals surface area contributed by atoms with Crippen LogP contribution in [0, 0.1) is 0 Å². The molecule has 0 spiro atoms. The summed E-state index contributed by atoms with van der Waals surface area (Å²) < 4.78 is 0. The van der Waals surface area contributed by atoms with Gasteiger partial charge in [-0.1, -0.05) is 12.1 Å². The van der Waals surface area contributed by atoms with Crippen LogP contribution in [0.15, 0.2) is 24.3 Å². The van der Waals surface area contributed by atoms with Gasteiger partial charge in [-0.3, -0.25) is 9.63 Å². The minimum absolute atomic E-state index is 0. The molecule has 0 aliphatic heterocycles. The zero-order valence-electron chi connectivity index (χ0n) is 9.50. The second-order valence-electron chi connectivity index (χ2n) is 2.94. The van der Waals surface area contributed by atoms with E-state index in [9.17, 15) is 19.5 Å². The molecule has 1 amide bonds. The molecule has 0 aromatic heterocycles. The number of hydrogen-bond donors (Lipinski definition) is 2. The van der Waals surface area contributed by atoms with Gasteiger partial charge in [0.25, 0.3) is 5.91 Å². The number of aromatic carboxylic acids is 1. The molecule has 18 heavy (non-hydrogen) atoms. The van der Waals surface area contributed by atoms with Gasteiger partial charge in [0.15, 0.2) is 0 Å². The minimum Gasteiger partial charge on any atom is -0.548 e. The van der Waals surface area contributed by atoms with E-state index in [-0.39, 0.29) is 62.5 Å². The third-order valence-electron chi connectivity index (χ3n) is 1.76. The SMILES string of the molecule is O=C([O-])CONC(=O)c1ccccc1C(=O)O.[K+]. The molecule has 0 heterocycles. The Labute approximate surface area is 145 Å². The molecule has 0 fully saturated rings. The molecule has 0 saturated carbocycles. The normalized spacial score (nSPS) is 9.11. The average molecular weight is 277 g/mol. The van der Waals surface area contributed by atoms with Gasteiger partial charge in [-0.15, -0.1) is 0 Å². The summed E-state index contributed by atoms with van der Waals surface area (Å²) in [5.74, 6) is -3.61. The Balaban J connectivity index is 0.00000289. The Hall–Kier alpha value is -0.774. The number of rotatable bonds is 5. The van der Waals surface area contributed by atoms with E-state index in [1.165, 1.54) is 24.3 Å². The predicted octanol–water partition coefficient (Wildman–Crippen LogP) is -4.20. The molecule has 1 aromatic carbocycles. The molecule has 7 nitrogen and oxygen atoms in total. The fraction of sp³-hybridized carbons (Fsp3) is 0.100. The van der Waals surface area contributed by atoms with Crippen molar-refractivity contribution in [1.29, 1.82) is 0 Å². The van der Waals surface area contributed by atoms with Gasteiger partial charge < -0.3 is 15.0 Å². The Morgan fingerprint density at radius 3 is 2.28 bits per heavy atom. The maximum Gasteiger partial charge on any atom is 1.00 e. The standard InChI is InChI=1S/C10H9NO6.K/c12-8(13)5-17-11-9(14)6-3-1-2-4-7(6)10(15)16;/h1-4H,5H2,(H,11,14)(H,12,13)(H,15,16);/q;+1/p-1. The fourth-order valence-corrected chi connectivity index (χ4v) is 1.08.